The van der Waals surface area contributed by atoms with Crippen LogP contribution in [0, 0.1) is 0 Å². The largest absolute Gasteiger partial charge is 0.493 e. The van der Waals surface area contributed by atoms with Crippen molar-refractivity contribution in [3.8, 4) is 11.5 Å². The monoisotopic (exact) mass is 453 g/mol. The fraction of sp³-hybridized carbons (Fsp3) is 0.0741. The van der Waals surface area contributed by atoms with E-state index in [-0.39, 0.29) is 11.8 Å². The van der Waals surface area contributed by atoms with E-state index >= 15 is 0 Å². The molecular weight excluding hydrogens is 430 g/mol. The van der Waals surface area contributed by atoms with Gasteiger partial charge in [0, 0.05) is 29.7 Å². The van der Waals surface area contributed by atoms with Crippen LogP contribution in [0.25, 0.3) is 0 Å². The average molecular weight is 453 g/mol. The fourth-order valence-corrected chi connectivity index (χ4v) is 3.28. The molecule has 0 bridgehead atoms. The summed E-state index contributed by atoms with van der Waals surface area (Å²) in [6, 6.07) is 24.5. The first kappa shape index (κ1) is 22.5. The zero-order valence-electron chi connectivity index (χ0n) is 18.5. The van der Waals surface area contributed by atoms with Crippen molar-refractivity contribution < 1.29 is 19.1 Å². The highest BCUT2D eigenvalue weighted by Crippen LogP contribution is 2.31. The smallest absolute Gasteiger partial charge is 0.257 e. The van der Waals surface area contributed by atoms with Crippen molar-refractivity contribution in [3.63, 3.8) is 0 Å². The van der Waals surface area contributed by atoms with Gasteiger partial charge in [-0.05, 0) is 54.1 Å². The molecule has 0 radical (unpaired) electrons. The van der Waals surface area contributed by atoms with E-state index in [9.17, 15) is 9.59 Å². The van der Waals surface area contributed by atoms with Gasteiger partial charge in [0.05, 0.1) is 18.4 Å². The van der Waals surface area contributed by atoms with Crippen molar-refractivity contribution in [3.05, 3.63) is 114 Å². The number of pyridine rings is 1. The average Bonchev–Trinajstić information content (AvgIpc) is 2.89. The van der Waals surface area contributed by atoms with E-state index in [1.807, 2.05) is 18.2 Å². The Hall–Kier alpha value is -4.65. The van der Waals surface area contributed by atoms with Crippen LogP contribution >= 0.6 is 0 Å². The lowest BCUT2D eigenvalue weighted by Gasteiger charge is -2.14. The first-order valence-corrected chi connectivity index (χ1v) is 10.6. The number of carbonyl (C=O) groups is 2. The summed E-state index contributed by atoms with van der Waals surface area (Å²) in [6.07, 6.45) is 3.39. The number of para-hydroxylation sites is 1. The van der Waals surface area contributed by atoms with Crippen molar-refractivity contribution in [2.75, 3.05) is 17.7 Å². The number of hydrogen-bond donors (Lipinski definition) is 2. The third-order valence-electron chi connectivity index (χ3n) is 5.02. The Morgan fingerprint density at radius 2 is 1.53 bits per heavy atom. The molecule has 0 fully saturated rings. The summed E-state index contributed by atoms with van der Waals surface area (Å²) in [4.78, 5) is 29.6. The van der Waals surface area contributed by atoms with Crippen molar-refractivity contribution in [2.45, 2.75) is 6.61 Å². The Morgan fingerprint density at radius 3 is 2.29 bits per heavy atom. The van der Waals surface area contributed by atoms with Crippen LogP contribution in [-0.4, -0.2) is 23.9 Å². The van der Waals surface area contributed by atoms with Gasteiger partial charge in [-0.25, -0.2) is 0 Å². The SMILES string of the molecule is COc1ccc(NC(=O)c2ccccc2NC(=O)c2ccccc2)cc1OCc1ccncc1. The number of amides is 2. The van der Waals surface area contributed by atoms with E-state index in [4.69, 9.17) is 9.47 Å². The Labute approximate surface area is 197 Å². The predicted octanol–water partition coefficient (Wildman–Crippen LogP) is 5.17. The van der Waals surface area contributed by atoms with Gasteiger partial charge in [0.1, 0.15) is 6.61 Å². The second-order valence-electron chi connectivity index (χ2n) is 7.33. The lowest BCUT2D eigenvalue weighted by Crippen LogP contribution is -2.18. The Bertz CT molecular complexity index is 1280. The quantitative estimate of drug-likeness (QED) is 0.384. The number of rotatable bonds is 8. The second-order valence-corrected chi connectivity index (χ2v) is 7.33. The van der Waals surface area contributed by atoms with Gasteiger partial charge in [0.15, 0.2) is 11.5 Å². The molecule has 34 heavy (non-hydrogen) atoms. The van der Waals surface area contributed by atoms with Crippen LogP contribution in [0.5, 0.6) is 11.5 Å². The van der Waals surface area contributed by atoms with Gasteiger partial charge in [-0.2, -0.15) is 0 Å². The molecule has 170 valence electrons. The molecule has 2 amide bonds. The Kier molecular flexibility index (Phi) is 7.15. The Morgan fingerprint density at radius 1 is 0.794 bits per heavy atom. The topological polar surface area (TPSA) is 89.6 Å². The van der Waals surface area contributed by atoms with Crippen molar-refractivity contribution >= 4 is 23.2 Å². The molecule has 0 aliphatic carbocycles. The summed E-state index contributed by atoms with van der Waals surface area (Å²) in [5.41, 5.74) is 2.73. The number of ether oxygens (including phenoxy) is 2. The normalized spacial score (nSPS) is 10.3. The maximum Gasteiger partial charge on any atom is 0.257 e. The lowest BCUT2D eigenvalue weighted by atomic mass is 10.1. The summed E-state index contributed by atoms with van der Waals surface area (Å²) >= 11 is 0. The predicted molar refractivity (Wildman–Crippen MR) is 130 cm³/mol. The van der Waals surface area contributed by atoms with Gasteiger partial charge in [0.25, 0.3) is 11.8 Å². The van der Waals surface area contributed by atoms with E-state index in [1.54, 1.807) is 86.2 Å². The molecule has 0 aliphatic heterocycles. The number of aromatic nitrogens is 1. The maximum absolute atomic E-state index is 13.1. The molecule has 0 aliphatic rings. The highest BCUT2D eigenvalue weighted by atomic mass is 16.5. The summed E-state index contributed by atoms with van der Waals surface area (Å²) in [5, 5.41) is 5.68. The van der Waals surface area contributed by atoms with Crippen LogP contribution in [-0.2, 0) is 6.61 Å². The van der Waals surface area contributed by atoms with Gasteiger partial charge < -0.3 is 20.1 Å². The highest BCUT2D eigenvalue weighted by molar-refractivity contribution is 6.12. The van der Waals surface area contributed by atoms with E-state index in [0.29, 0.717) is 40.6 Å². The van der Waals surface area contributed by atoms with Gasteiger partial charge >= 0.3 is 0 Å². The first-order chi connectivity index (χ1) is 16.6. The third-order valence-corrected chi connectivity index (χ3v) is 5.02. The number of nitrogens with one attached hydrogen (secondary N) is 2. The molecule has 0 saturated heterocycles. The van der Waals surface area contributed by atoms with E-state index in [2.05, 4.69) is 15.6 Å². The van der Waals surface area contributed by atoms with Crippen molar-refractivity contribution in [1.82, 2.24) is 4.98 Å². The van der Waals surface area contributed by atoms with Crippen LogP contribution < -0.4 is 20.1 Å². The molecule has 4 aromatic rings. The lowest BCUT2D eigenvalue weighted by molar-refractivity contribution is 0.102. The molecule has 7 heteroatoms. The number of nitrogens with zero attached hydrogens (tertiary/aromatic N) is 1. The molecule has 0 atom stereocenters. The van der Waals surface area contributed by atoms with Crippen LogP contribution in [0.4, 0.5) is 11.4 Å². The number of anilines is 2. The van der Waals surface area contributed by atoms with Crippen molar-refractivity contribution in [2.24, 2.45) is 0 Å². The summed E-state index contributed by atoms with van der Waals surface area (Å²) in [7, 11) is 1.55. The zero-order valence-corrected chi connectivity index (χ0v) is 18.5. The molecule has 1 heterocycles. The van der Waals surface area contributed by atoms with Crippen LogP contribution in [0.2, 0.25) is 0 Å². The fourth-order valence-electron chi connectivity index (χ4n) is 3.28. The van der Waals surface area contributed by atoms with Gasteiger partial charge in [-0.1, -0.05) is 30.3 Å². The minimum atomic E-state index is -0.366. The summed E-state index contributed by atoms with van der Waals surface area (Å²) < 4.78 is 11.3. The number of methoxy groups -OCH3 is 1. The second kappa shape index (κ2) is 10.8. The van der Waals surface area contributed by atoms with Crippen LogP contribution in [0.3, 0.4) is 0 Å². The maximum atomic E-state index is 13.1. The van der Waals surface area contributed by atoms with Gasteiger partial charge in [0.2, 0.25) is 0 Å². The van der Waals surface area contributed by atoms with Crippen LogP contribution in [0.15, 0.2) is 97.3 Å². The molecular formula is C27H23N3O4. The standard InChI is InChI=1S/C27H23N3O4/c1-33-24-12-11-21(17-25(24)34-18-19-13-15-28-16-14-19)29-27(32)22-9-5-6-10-23(22)30-26(31)20-7-3-2-4-8-20/h2-17H,18H2,1H3,(H,29,32)(H,30,31). The molecule has 7 nitrogen and oxygen atoms in total. The molecule has 4 rings (SSSR count). The van der Waals surface area contributed by atoms with Crippen LogP contribution in [0.1, 0.15) is 26.3 Å². The van der Waals surface area contributed by atoms with Gasteiger partial charge in [-0.3, -0.25) is 14.6 Å². The summed E-state index contributed by atoms with van der Waals surface area (Å²) in [6.45, 7) is 0.324. The van der Waals surface area contributed by atoms with E-state index in [1.165, 1.54) is 0 Å². The number of hydrogen-bond acceptors (Lipinski definition) is 5. The molecule has 1 aromatic heterocycles. The molecule has 2 N–H and O–H groups in total. The van der Waals surface area contributed by atoms with E-state index < -0.39 is 0 Å². The molecule has 0 saturated carbocycles. The van der Waals surface area contributed by atoms with Gasteiger partial charge in [-0.15, -0.1) is 0 Å². The minimum absolute atomic E-state index is 0.294. The molecule has 0 unspecified atom stereocenters. The number of carbonyl (C=O) groups excluding carboxylic acids is 2. The molecule has 0 spiro atoms. The summed E-state index contributed by atoms with van der Waals surface area (Å²) in [5.74, 6) is 0.372. The Balaban J connectivity index is 1.50. The zero-order chi connectivity index (χ0) is 23.8. The van der Waals surface area contributed by atoms with E-state index in [0.717, 1.165) is 5.56 Å². The minimum Gasteiger partial charge on any atom is -0.493 e. The third kappa shape index (κ3) is 5.58. The molecule has 3 aromatic carbocycles. The highest BCUT2D eigenvalue weighted by Gasteiger charge is 2.15. The first-order valence-electron chi connectivity index (χ1n) is 10.6. The number of benzene rings is 3. The van der Waals surface area contributed by atoms with Crippen molar-refractivity contribution in [1.29, 1.82) is 0 Å².